The first-order chi connectivity index (χ1) is 9.72. The average Bonchev–Trinajstić information content (AvgIpc) is 2.99. The van der Waals surface area contributed by atoms with E-state index in [0.717, 1.165) is 33.7 Å². The normalized spacial score (nSPS) is 10.5. The molecule has 0 aliphatic heterocycles. The number of aromatic nitrogens is 5. The molecule has 0 radical (unpaired) electrons. The molecule has 0 bridgehead atoms. The molecule has 5 nitrogen and oxygen atoms in total. The van der Waals surface area contributed by atoms with Gasteiger partial charge in [-0.3, -0.25) is 4.98 Å². The van der Waals surface area contributed by atoms with Gasteiger partial charge in [0.2, 0.25) is 0 Å². The molecule has 0 aliphatic carbocycles. The van der Waals surface area contributed by atoms with Crippen LogP contribution in [0, 0.1) is 13.8 Å². The molecule has 20 heavy (non-hydrogen) atoms. The number of imidazole rings is 1. The van der Waals surface area contributed by atoms with Crippen LogP contribution in [0.2, 0.25) is 0 Å². The smallest absolute Gasteiger partial charge is 0.177 e. The minimum Gasteiger partial charge on any atom is -0.357 e. The maximum atomic E-state index is 4.17. The summed E-state index contributed by atoms with van der Waals surface area (Å²) in [5.74, 6) is 0.911. The highest BCUT2D eigenvalue weighted by atomic mass is 15.0. The lowest BCUT2D eigenvalue weighted by Crippen LogP contribution is -1.72. The van der Waals surface area contributed by atoms with Gasteiger partial charge in [0.1, 0.15) is 5.82 Å². The fourth-order valence-electron chi connectivity index (χ4n) is 2.06. The third-order valence-corrected chi connectivity index (χ3v) is 2.90. The monoisotopic (exact) mass is 265 g/mol. The van der Waals surface area contributed by atoms with Gasteiger partial charge in [0.05, 0.1) is 16.6 Å². The second kappa shape index (κ2) is 5.13. The highest BCUT2D eigenvalue weighted by Gasteiger charge is 1.95. The first-order valence-corrected chi connectivity index (χ1v) is 6.40. The Morgan fingerprint density at radius 1 is 0.900 bits per heavy atom. The maximum Gasteiger partial charge on any atom is 0.177 e. The van der Waals surface area contributed by atoms with Gasteiger partial charge in [0.15, 0.2) is 5.65 Å². The molecular weight excluding hydrogens is 250 g/mol. The molecule has 0 spiro atoms. The van der Waals surface area contributed by atoms with Gasteiger partial charge in [-0.05, 0) is 44.2 Å². The number of H-pyrrole nitrogens is 2. The van der Waals surface area contributed by atoms with Crippen LogP contribution in [0.3, 0.4) is 0 Å². The van der Waals surface area contributed by atoms with E-state index in [4.69, 9.17) is 0 Å². The van der Waals surface area contributed by atoms with Gasteiger partial charge >= 0.3 is 0 Å². The van der Waals surface area contributed by atoms with Crippen molar-refractivity contribution in [3.05, 3.63) is 54.2 Å². The Hall–Kier alpha value is -2.69. The summed E-state index contributed by atoms with van der Waals surface area (Å²) in [6.45, 7) is 3.95. The zero-order chi connectivity index (χ0) is 13.9. The van der Waals surface area contributed by atoms with E-state index < -0.39 is 0 Å². The van der Waals surface area contributed by atoms with E-state index in [1.807, 2.05) is 44.2 Å². The van der Waals surface area contributed by atoms with Crippen molar-refractivity contribution in [2.24, 2.45) is 0 Å². The van der Waals surface area contributed by atoms with E-state index in [0.29, 0.717) is 0 Å². The minimum absolute atomic E-state index is 0.792. The predicted octanol–water partition coefficient (Wildman–Crippen LogP) is 3.14. The van der Waals surface area contributed by atoms with Crippen molar-refractivity contribution in [3.8, 4) is 0 Å². The van der Waals surface area contributed by atoms with Crippen molar-refractivity contribution in [3.63, 3.8) is 0 Å². The highest BCUT2D eigenvalue weighted by Crippen LogP contribution is 2.10. The summed E-state index contributed by atoms with van der Waals surface area (Å²) in [5, 5.41) is 0. The van der Waals surface area contributed by atoms with Crippen molar-refractivity contribution in [1.82, 2.24) is 24.9 Å². The molecule has 4 rings (SSSR count). The Labute approximate surface area is 116 Å². The molecule has 0 fully saturated rings. The molecule has 0 aliphatic rings. The van der Waals surface area contributed by atoms with E-state index in [-0.39, 0.29) is 0 Å². The van der Waals surface area contributed by atoms with Crippen LogP contribution in [0.5, 0.6) is 0 Å². The molecule has 0 aromatic carbocycles. The lowest BCUT2D eigenvalue weighted by Gasteiger charge is -1.83. The number of aryl methyl sites for hydroxylation is 2. The van der Waals surface area contributed by atoms with E-state index >= 15 is 0 Å². The summed E-state index contributed by atoms with van der Waals surface area (Å²) >= 11 is 0. The van der Waals surface area contributed by atoms with Gasteiger partial charge in [-0.15, -0.1) is 0 Å². The molecule has 4 aromatic rings. The second-order valence-electron chi connectivity index (χ2n) is 4.59. The molecule has 2 N–H and O–H groups in total. The van der Waals surface area contributed by atoms with Crippen LogP contribution in [0.1, 0.15) is 11.5 Å². The van der Waals surface area contributed by atoms with Gasteiger partial charge in [0.25, 0.3) is 0 Å². The second-order valence-corrected chi connectivity index (χ2v) is 4.59. The Bertz CT molecular complexity index is 705. The lowest BCUT2D eigenvalue weighted by molar-refractivity contribution is 1.16. The van der Waals surface area contributed by atoms with Crippen LogP contribution in [0.25, 0.3) is 22.2 Å². The molecular formula is C15H15N5. The summed E-state index contributed by atoms with van der Waals surface area (Å²) in [6.07, 6.45) is 3.54. The van der Waals surface area contributed by atoms with Crippen LogP contribution >= 0.6 is 0 Å². The fraction of sp³-hybridized carbons (Fsp3) is 0.133. The van der Waals surface area contributed by atoms with Gasteiger partial charge < -0.3 is 9.97 Å². The van der Waals surface area contributed by atoms with E-state index in [2.05, 4.69) is 24.9 Å². The maximum absolute atomic E-state index is 4.17. The SMILES string of the molecule is Cc1cc2ncccc2[nH]1.Cc1nc2ncccc2[nH]1. The standard InChI is InChI=1S/C8H8N2.C7H7N3/c1-6-5-8-7(10-6)3-2-4-9-8;1-5-9-6-3-2-4-8-7(6)10-5/h2-5,10H,1H3;2-4H,1H3,(H,8,9,10). The van der Waals surface area contributed by atoms with Gasteiger partial charge in [-0.25, -0.2) is 9.97 Å². The van der Waals surface area contributed by atoms with Gasteiger partial charge in [-0.2, -0.15) is 0 Å². The number of aromatic amines is 2. The summed E-state index contributed by atoms with van der Waals surface area (Å²) in [7, 11) is 0. The summed E-state index contributed by atoms with van der Waals surface area (Å²) in [5.41, 5.74) is 5.11. The minimum atomic E-state index is 0.792. The first-order valence-electron chi connectivity index (χ1n) is 6.40. The summed E-state index contributed by atoms with van der Waals surface area (Å²) < 4.78 is 0. The Morgan fingerprint density at radius 3 is 2.40 bits per heavy atom. The Morgan fingerprint density at radius 2 is 1.65 bits per heavy atom. The molecule has 0 saturated carbocycles. The summed E-state index contributed by atoms with van der Waals surface area (Å²) in [4.78, 5) is 18.7. The molecule has 0 amide bonds. The Balaban J connectivity index is 0.000000121. The number of hydrogen-bond acceptors (Lipinski definition) is 3. The summed E-state index contributed by atoms with van der Waals surface area (Å²) in [6, 6.07) is 9.84. The van der Waals surface area contributed by atoms with Crippen molar-refractivity contribution in [2.75, 3.05) is 0 Å². The zero-order valence-corrected chi connectivity index (χ0v) is 11.4. The van der Waals surface area contributed by atoms with Crippen molar-refractivity contribution in [2.45, 2.75) is 13.8 Å². The van der Waals surface area contributed by atoms with Crippen LogP contribution in [-0.4, -0.2) is 24.9 Å². The van der Waals surface area contributed by atoms with Crippen LogP contribution in [-0.2, 0) is 0 Å². The average molecular weight is 265 g/mol. The quantitative estimate of drug-likeness (QED) is 0.513. The van der Waals surface area contributed by atoms with Crippen LogP contribution in [0.15, 0.2) is 42.7 Å². The molecule has 5 heteroatoms. The largest absolute Gasteiger partial charge is 0.357 e. The zero-order valence-electron chi connectivity index (χ0n) is 11.4. The number of rotatable bonds is 0. The Kier molecular flexibility index (Phi) is 3.16. The lowest BCUT2D eigenvalue weighted by atomic mass is 10.4. The van der Waals surface area contributed by atoms with Crippen molar-refractivity contribution in [1.29, 1.82) is 0 Å². The van der Waals surface area contributed by atoms with E-state index in [9.17, 15) is 0 Å². The third-order valence-electron chi connectivity index (χ3n) is 2.90. The fourth-order valence-corrected chi connectivity index (χ4v) is 2.06. The van der Waals surface area contributed by atoms with E-state index in [1.54, 1.807) is 12.4 Å². The number of fused-ring (bicyclic) bond motifs is 2. The third kappa shape index (κ3) is 2.51. The molecule has 0 atom stereocenters. The number of pyridine rings is 2. The highest BCUT2D eigenvalue weighted by molar-refractivity contribution is 5.75. The van der Waals surface area contributed by atoms with Gasteiger partial charge in [0, 0.05) is 18.1 Å². The van der Waals surface area contributed by atoms with Crippen LogP contribution in [0.4, 0.5) is 0 Å². The predicted molar refractivity (Wildman–Crippen MR) is 79.5 cm³/mol. The molecule has 4 aromatic heterocycles. The number of hydrogen-bond donors (Lipinski definition) is 2. The van der Waals surface area contributed by atoms with Crippen molar-refractivity contribution >= 4 is 22.2 Å². The molecule has 4 heterocycles. The van der Waals surface area contributed by atoms with Gasteiger partial charge in [-0.1, -0.05) is 0 Å². The van der Waals surface area contributed by atoms with Crippen molar-refractivity contribution < 1.29 is 0 Å². The molecule has 100 valence electrons. The molecule has 0 unspecified atom stereocenters. The topological polar surface area (TPSA) is 70.2 Å². The number of nitrogens with zero attached hydrogens (tertiary/aromatic N) is 3. The van der Waals surface area contributed by atoms with Crippen LogP contribution < -0.4 is 0 Å². The molecule has 0 saturated heterocycles. The van der Waals surface area contributed by atoms with E-state index in [1.165, 1.54) is 0 Å². The first kappa shape index (κ1) is 12.3. The number of nitrogens with one attached hydrogen (secondary N) is 2.